The lowest BCUT2D eigenvalue weighted by atomic mass is 10.0. The van der Waals surface area contributed by atoms with E-state index in [0.29, 0.717) is 17.9 Å². The molecule has 1 N–H and O–H groups in total. The van der Waals surface area contributed by atoms with E-state index in [9.17, 15) is 9.59 Å². The highest BCUT2D eigenvalue weighted by Gasteiger charge is 2.28. The number of hydrogen-bond donors (Lipinski definition) is 1. The Morgan fingerprint density at radius 1 is 1.21 bits per heavy atom. The quantitative estimate of drug-likeness (QED) is 0.832. The number of nitrogens with one attached hydrogen (secondary N) is 1. The van der Waals surface area contributed by atoms with E-state index in [4.69, 9.17) is 0 Å². The number of carbonyl (C=O) groups excluding carboxylic acids is 2. The standard InChI is InChI=1S/C18H26BrN3O2/c1-13(2)11-16(18(24)22-9-7-21(3)8-10-22)20-17(23)14-5-4-6-15(19)12-14/h4-6,12-13,16H,7-11H2,1-3H3,(H,20,23)/t16-/m0/s1. The van der Waals surface area contributed by atoms with Gasteiger partial charge in [0.1, 0.15) is 6.04 Å². The van der Waals surface area contributed by atoms with Crippen molar-refractivity contribution in [2.24, 2.45) is 5.92 Å². The van der Waals surface area contributed by atoms with Gasteiger partial charge in [-0.25, -0.2) is 0 Å². The SMILES string of the molecule is CC(C)C[C@H](NC(=O)c1cccc(Br)c1)C(=O)N1CCN(C)CC1. The second-order valence-electron chi connectivity index (χ2n) is 6.79. The largest absolute Gasteiger partial charge is 0.340 e. The first kappa shape index (κ1) is 18.9. The van der Waals surface area contributed by atoms with Gasteiger partial charge in [0.15, 0.2) is 0 Å². The molecular weight excluding hydrogens is 370 g/mol. The highest BCUT2D eigenvalue weighted by molar-refractivity contribution is 9.10. The molecule has 6 heteroatoms. The van der Waals surface area contributed by atoms with Crippen molar-refractivity contribution in [3.63, 3.8) is 0 Å². The summed E-state index contributed by atoms with van der Waals surface area (Å²) in [5.41, 5.74) is 0.560. The molecule has 2 amide bonds. The number of hydrogen-bond acceptors (Lipinski definition) is 3. The van der Waals surface area contributed by atoms with Gasteiger partial charge < -0.3 is 15.1 Å². The summed E-state index contributed by atoms with van der Waals surface area (Å²) in [5.74, 6) is 0.152. The molecule has 0 bridgehead atoms. The number of amides is 2. The Labute approximate surface area is 152 Å². The molecule has 24 heavy (non-hydrogen) atoms. The predicted octanol–water partition coefficient (Wildman–Crippen LogP) is 2.37. The van der Waals surface area contributed by atoms with Crippen molar-refractivity contribution in [1.82, 2.24) is 15.1 Å². The van der Waals surface area contributed by atoms with Crippen molar-refractivity contribution in [2.75, 3.05) is 33.2 Å². The first-order valence-corrected chi connectivity index (χ1v) is 9.20. The summed E-state index contributed by atoms with van der Waals surface area (Å²) in [4.78, 5) is 29.5. The predicted molar refractivity (Wildman–Crippen MR) is 98.9 cm³/mol. The normalized spacial score (nSPS) is 17.0. The van der Waals surface area contributed by atoms with E-state index in [1.165, 1.54) is 0 Å². The molecule has 2 rings (SSSR count). The van der Waals surface area contributed by atoms with Gasteiger partial charge in [-0.2, -0.15) is 0 Å². The molecule has 1 aliphatic rings. The topological polar surface area (TPSA) is 52.7 Å². The van der Waals surface area contributed by atoms with Crippen molar-refractivity contribution < 1.29 is 9.59 Å². The third-order valence-electron chi connectivity index (χ3n) is 4.21. The molecule has 1 aromatic carbocycles. The molecule has 1 atom stereocenters. The molecule has 0 saturated carbocycles. The monoisotopic (exact) mass is 395 g/mol. The van der Waals surface area contributed by atoms with Crippen LogP contribution in [0.15, 0.2) is 28.7 Å². The van der Waals surface area contributed by atoms with Crippen LogP contribution in [0.5, 0.6) is 0 Å². The van der Waals surface area contributed by atoms with E-state index in [1.54, 1.807) is 12.1 Å². The molecular formula is C18H26BrN3O2. The van der Waals surface area contributed by atoms with Crippen molar-refractivity contribution in [2.45, 2.75) is 26.3 Å². The fourth-order valence-corrected chi connectivity index (χ4v) is 3.21. The maximum atomic E-state index is 12.9. The number of piperazine rings is 1. The Morgan fingerprint density at radius 3 is 2.46 bits per heavy atom. The van der Waals surface area contributed by atoms with Gasteiger partial charge in [-0.15, -0.1) is 0 Å². The van der Waals surface area contributed by atoms with Crippen LogP contribution in [0.1, 0.15) is 30.6 Å². The zero-order chi connectivity index (χ0) is 17.7. The number of likely N-dealkylation sites (N-methyl/N-ethyl adjacent to an activating group) is 1. The molecule has 1 saturated heterocycles. The summed E-state index contributed by atoms with van der Waals surface area (Å²) in [6.07, 6.45) is 0.644. The zero-order valence-electron chi connectivity index (χ0n) is 14.6. The Balaban J connectivity index is 2.07. The summed E-state index contributed by atoms with van der Waals surface area (Å²) in [7, 11) is 2.06. The maximum Gasteiger partial charge on any atom is 0.251 e. The molecule has 0 spiro atoms. The van der Waals surface area contributed by atoms with Gasteiger partial charge >= 0.3 is 0 Å². The van der Waals surface area contributed by atoms with Crippen molar-refractivity contribution >= 4 is 27.7 Å². The van der Waals surface area contributed by atoms with Crippen LogP contribution in [0, 0.1) is 5.92 Å². The Kier molecular flexibility index (Phi) is 6.80. The molecule has 0 aromatic heterocycles. The first-order chi connectivity index (χ1) is 11.4. The van der Waals surface area contributed by atoms with Gasteiger partial charge in [0.2, 0.25) is 5.91 Å². The van der Waals surface area contributed by atoms with Gasteiger partial charge in [0.25, 0.3) is 5.91 Å². The Bertz CT molecular complexity index is 583. The average molecular weight is 396 g/mol. The zero-order valence-corrected chi connectivity index (χ0v) is 16.2. The average Bonchev–Trinajstić information content (AvgIpc) is 2.54. The third kappa shape index (κ3) is 5.31. The lowest BCUT2D eigenvalue weighted by Gasteiger charge is -2.35. The van der Waals surface area contributed by atoms with Crippen LogP contribution in [0.3, 0.4) is 0 Å². The second kappa shape index (κ2) is 8.62. The molecule has 1 fully saturated rings. The van der Waals surface area contributed by atoms with E-state index in [1.807, 2.05) is 17.0 Å². The first-order valence-electron chi connectivity index (χ1n) is 8.40. The van der Waals surface area contributed by atoms with E-state index in [2.05, 4.69) is 47.0 Å². The smallest absolute Gasteiger partial charge is 0.251 e. The minimum Gasteiger partial charge on any atom is -0.340 e. The second-order valence-corrected chi connectivity index (χ2v) is 7.71. The third-order valence-corrected chi connectivity index (χ3v) is 4.71. The summed E-state index contributed by atoms with van der Waals surface area (Å²) in [6, 6.07) is 6.74. The molecule has 0 aliphatic carbocycles. The van der Waals surface area contributed by atoms with Gasteiger partial charge in [0, 0.05) is 36.2 Å². The van der Waals surface area contributed by atoms with Crippen molar-refractivity contribution in [3.8, 4) is 0 Å². The van der Waals surface area contributed by atoms with E-state index < -0.39 is 6.04 Å². The minimum absolute atomic E-state index is 0.0279. The fraction of sp³-hybridized carbons (Fsp3) is 0.556. The van der Waals surface area contributed by atoms with Gasteiger partial charge in [0.05, 0.1) is 0 Å². The molecule has 1 aromatic rings. The van der Waals surface area contributed by atoms with E-state index >= 15 is 0 Å². The molecule has 0 radical (unpaired) electrons. The van der Waals surface area contributed by atoms with Crippen LogP contribution in [-0.2, 0) is 4.79 Å². The van der Waals surface area contributed by atoms with Crippen LogP contribution in [0.2, 0.25) is 0 Å². The van der Waals surface area contributed by atoms with Gasteiger partial charge in [-0.3, -0.25) is 9.59 Å². The highest BCUT2D eigenvalue weighted by atomic mass is 79.9. The van der Waals surface area contributed by atoms with Crippen molar-refractivity contribution in [3.05, 3.63) is 34.3 Å². The molecule has 132 valence electrons. The minimum atomic E-state index is -0.472. The Morgan fingerprint density at radius 2 is 1.88 bits per heavy atom. The summed E-state index contributed by atoms with van der Waals surface area (Å²) in [5, 5.41) is 2.94. The van der Waals surface area contributed by atoms with E-state index in [0.717, 1.165) is 30.7 Å². The summed E-state index contributed by atoms with van der Waals surface area (Å²) in [6.45, 7) is 7.32. The number of halogens is 1. The lowest BCUT2D eigenvalue weighted by Crippen LogP contribution is -2.54. The van der Waals surface area contributed by atoms with Gasteiger partial charge in [-0.1, -0.05) is 35.8 Å². The summed E-state index contributed by atoms with van der Waals surface area (Å²) < 4.78 is 0.848. The van der Waals surface area contributed by atoms with Crippen LogP contribution < -0.4 is 5.32 Å². The number of nitrogens with zero attached hydrogens (tertiary/aromatic N) is 2. The molecule has 5 nitrogen and oxygen atoms in total. The van der Waals surface area contributed by atoms with Crippen molar-refractivity contribution in [1.29, 1.82) is 0 Å². The summed E-state index contributed by atoms with van der Waals surface area (Å²) >= 11 is 3.37. The fourth-order valence-electron chi connectivity index (χ4n) is 2.81. The number of rotatable bonds is 5. The molecule has 1 aliphatic heterocycles. The van der Waals surface area contributed by atoms with Crippen LogP contribution in [0.4, 0.5) is 0 Å². The molecule has 0 unspecified atom stereocenters. The Hall–Kier alpha value is -1.40. The number of carbonyl (C=O) groups is 2. The van der Waals surface area contributed by atoms with E-state index in [-0.39, 0.29) is 11.8 Å². The van der Waals surface area contributed by atoms with Crippen LogP contribution in [0.25, 0.3) is 0 Å². The van der Waals surface area contributed by atoms with Crippen LogP contribution in [-0.4, -0.2) is 60.9 Å². The maximum absolute atomic E-state index is 12.9. The molecule has 1 heterocycles. The lowest BCUT2D eigenvalue weighted by molar-refractivity contribution is -0.135. The van der Waals surface area contributed by atoms with Crippen LogP contribution >= 0.6 is 15.9 Å². The number of benzene rings is 1. The highest BCUT2D eigenvalue weighted by Crippen LogP contribution is 2.14. The van der Waals surface area contributed by atoms with Gasteiger partial charge in [-0.05, 0) is 37.6 Å².